The minimum atomic E-state index is 0.528. The maximum atomic E-state index is 6.51. The summed E-state index contributed by atoms with van der Waals surface area (Å²) >= 11 is 0. The van der Waals surface area contributed by atoms with Crippen LogP contribution in [-0.4, -0.2) is 15.0 Å². The second-order valence-corrected chi connectivity index (χ2v) is 15.5. The molecule has 13 aromatic rings. The smallest absolute Gasteiger partial charge is 0.167 e. The fourth-order valence-electron chi connectivity index (χ4n) is 8.99. The van der Waals surface area contributed by atoms with Crippen molar-refractivity contribution >= 4 is 76.6 Å². The van der Waals surface area contributed by atoms with Gasteiger partial charge in [0.2, 0.25) is 0 Å². The molecule has 284 valence electrons. The van der Waals surface area contributed by atoms with Crippen LogP contribution in [0.1, 0.15) is 0 Å². The van der Waals surface area contributed by atoms with Gasteiger partial charge < -0.3 is 13.3 Å². The first-order chi connectivity index (χ1) is 30.2. The first-order valence-corrected chi connectivity index (χ1v) is 20.3. The number of hydrogen-bond donors (Lipinski definition) is 0. The minimum absolute atomic E-state index is 0.528. The van der Waals surface area contributed by atoms with E-state index < -0.39 is 0 Å². The van der Waals surface area contributed by atoms with Crippen LogP contribution in [-0.2, 0) is 0 Å². The van der Waals surface area contributed by atoms with Crippen molar-refractivity contribution in [2.24, 2.45) is 0 Å². The standard InChI is InChI=1S/C55H31N3O3/c1-2-11-32(12-3-1)34-25-26-43-49(30-34)60-48-22-10-17-39(51(43)48)35-13-8-14-36(27-35)53-56-54(58-55(57-53)44-19-9-18-42-40-15-4-7-21-47(40)61-52(42)44)37-24-23-33-29-45-41-16-5-6-20-46(41)59-50(45)31-38(33)28-37/h1-31H. The minimum Gasteiger partial charge on any atom is -0.456 e. The van der Waals surface area contributed by atoms with Crippen molar-refractivity contribution in [3.8, 4) is 56.4 Å². The molecule has 6 heteroatoms. The van der Waals surface area contributed by atoms with Gasteiger partial charge in [-0.3, -0.25) is 0 Å². The molecule has 0 spiro atoms. The fourth-order valence-corrected chi connectivity index (χ4v) is 8.99. The number of fused-ring (bicyclic) bond motifs is 10. The Bertz CT molecular complexity index is 3900. The monoisotopic (exact) mass is 781 g/mol. The van der Waals surface area contributed by atoms with Gasteiger partial charge in [0.1, 0.15) is 33.5 Å². The largest absolute Gasteiger partial charge is 0.456 e. The van der Waals surface area contributed by atoms with E-state index in [1.54, 1.807) is 0 Å². The molecule has 61 heavy (non-hydrogen) atoms. The highest BCUT2D eigenvalue weighted by Gasteiger charge is 2.20. The van der Waals surface area contributed by atoms with Crippen LogP contribution in [0.5, 0.6) is 0 Å². The summed E-state index contributed by atoms with van der Waals surface area (Å²) in [5, 5.41) is 8.52. The Kier molecular flexibility index (Phi) is 7.21. The zero-order valence-electron chi connectivity index (χ0n) is 32.5. The third kappa shape index (κ3) is 5.39. The molecule has 0 saturated heterocycles. The van der Waals surface area contributed by atoms with Crippen LogP contribution >= 0.6 is 0 Å². The molecule has 0 amide bonds. The normalized spacial score (nSPS) is 11.9. The summed E-state index contributed by atoms with van der Waals surface area (Å²) in [6, 6.07) is 64.6. The van der Waals surface area contributed by atoms with E-state index in [4.69, 9.17) is 28.2 Å². The molecule has 0 fully saturated rings. The topological polar surface area (TPSA) is 78.1 Å². The highest BCUT2D eigenvalue weighted by molar-refractivity contribution is 6.14. The van der Waals surface area contributed by atoms with Crippen LogP contribution < -0.4 is 0 Å². The number of hydrogen-bond acceptors (Lipinski definition) is 6. The molecule has 13 rings (SSSR count). The third-order valence-corrected chi connectivity index (χ3v) is 11.9. The summed E-state index contributed by atoms with van der Waals surface area (Å²) in [6.45, 7) is 0. The molecule has 9 aromatic carbocycles. The Morgan fingerprint density at radius 1 is 0.279 bits per heavy atom. The van der Waals surface area contributed by atoms with E-state index in [1.165, 1.54) is 0 Å². The van der Waals surface area contributed by atoms with Gasteiger partial charge in [-0.15, -0.1) is 0 Å². The second-order valence-electron chi connectivity index (χ2n) is 15.5. The van der Waals surface area contributed by atoms with Gasteiger partial charge in [0.15, 0.2) is 17.5 Å². The fraction of sp³-hybridized carbons (Fsp3) is 0. The highest BCUT2D eigenvalue weighted by Crippen LogP contribution is 2.41. The van der Waals surface area contributed by atoms with Crippen LogP contribution in [0.3, 0.4) is 0 Å². The summed E-state index contributed by atoms with van der Waals surface area (Å²) in [5.74, 6) is 1.64. The van der Waals surface area contributed by atoms with Crippen LogP contribution in [0.2, 0.25) is 0 Å². The van der Waals surface area contributed by atoms with Crippen LogP contribution in [0, 0.1) is 0 Å². The summed E-state index contributed by atoms with van der Waals surface area (Å²) in [5.41, 5.74) is 11.8. The van der Waals surface area contributed by atoms with Gasteiger partial charge in [-0.05, 0) is 93.7 Å². The van der Waals surface area contributed by atoms with E-state index in [0.29, 0.717) is 17.5 Å². The summed E-state index contributed by atoms with van der Waals surface area (Å²) in [6.07, 6.45) is 0. The lowest BCUT2D eigenvalue weighted by molar-refractivity contribution is 0.669. The molecule has 6 nitrogen and oxygen atoms in total. The number of aromatic nitrogens is 3. The summed E-state index contributed by atoms with van der Waals surface area (Å²) in [4.78, 5) is 15.6. The molecule has 0 atom stereocenters. The Hall–Kier alpha value is -8.35. The van der Waals surface area contributed by atoms with Crippen molar-refractivity contribution in [3.05, 3.63) is 188 Å². The first kappa shape index (κ1) is 33.6. The maximum Gasteiger partial charge on any atom is 0.167 e. The number of benzene rings is 9. The van der Waals surface area contributed by atoms with Crippen molar-refractivity contribution in [2.75, 3.05) is 0 Å². The molecule has 0 radical (unpaired) electrons. The average Bonchev–Trinajstić information content (AvgIpc) is 4.01. The van der Waals surface area contributed by atoms with E-state index in [9.17, 15) is 0 Å². The van der Waals surface area contributed by atoms with Crippen molar-refractivity contribution in [1.82, 2.24) is 15.0 Å². The number of furan rings is 3. The Balaban J connectivity index is 0.984. The van der Waals surface area contributed by atoms with E-state index in [1.807, 2.05) is 60.7 Å². The van der Waals surface area contributed by atoms with Crippen LogP contribution in [0.25, 0.3) is 133 Å². The van der Waals surface area contributed by atoms with Gasteiger partial charge in [0, 0.05) is 43.4 Å². The highest BCUT2D eigenvalue weighted by atomic mass is 16.3. The number of rotatable bonds is 5. The lowest BCUT2D eigenvalue weighted by atomic mass is 9.97. The van der Waals surface area contributed by atoms with E-state index in [2.05, 4.69) is 127 Å². The second kappa shape index (κ2) is 13.1. The van der Waals surface area contributed by atoms with Crippen LogP contribution in [0.15, 0.2) is 201 Å². The van der Waals surface area contributed by atoms with Crippen molar-refractivity contribution in [3.63, 3.8) is 0 Å². The van der Waals surface area contributed by atoms with Crippen molar-refractivity contribution in [1.29, 1.82) is 0 Å². The molecule has 0 bridgehead atoms. The van der Waals surface area contributed by atoms with Crippen molar-refractivity contribution < 1.29 is 13.3 Å². The van der Waals surface area contributed by atoms with E-state index in [-0.39, 0.29) is 0 Å². The van der Waals surface area contributed by atoms with Gasteiger partial charge in [-0.25, -0.2) is 15.0 Å². The zero-order chi connectivity index (χ0) is 40.0. The molecule has 0 N–H and O–H groups in total. The number of para-hydroxylation sites is 3. The van der Waals surface area contributed by atoms with E-state index in [0.717, 1.165) is 116 Å². The third-order valence-electron chi connectivity index (χ3n) is 11.9. The molecule has 4 aromatic heterocycles. The predicted octanol–water partition coefficient (Wildman–Crippen LogP) is 15.1. The molecule has 0 aliphatic heterocycles. The van der Waals surface area contributed by atoms with Gasteiger partial charge in [-0.1, -0.05) is 127 Å². The Morgan fingerprint density at radius 2 is 0.885 bits per heavy atom. The maximum absolute atomic E-state index is 6.51. The Labute approximate surface area is 348 Å². The summed E-state index contributed by atoms with van der Waals surface area (Å²) < 4.78 is 19.3. The number of nitrogens with zero attached hydrogens (tertiary/aromatic N) is 3. The molecule has 0 unspecified atom stereocenters. The Morgan fingerprint density at radius 3 is 1.75 bits per heavy atom. The lowest BCUT2D eigenvalue weighted by Gasteiger charge is -2.11. The zero-order valence-corrected chi connectivity index (χ0v) is 32.5. The predicted molar refractivity (Wildman–Crippen MR) is 246 cm³/mol. The quantitative estimate of drug-likeness (QED) is 0.173. The van der Waals surface area contributed by atoms with Gasteiger partial charge >= 0.3 is 0 Å². The van der Waals surface area contributed by atoms with Gasteiger partial charge in [0.05, 0.1) is 5.56 Å². The molecule has 0 saturated carbocycles. The average molecular weight is 782 g/mol. The van der Waals surface area contributed by atoms with Gasteiger partial charge in [-0.2, -0.15) is 0 Å². The van der Waals surface area contributed by atoms with E-state index >= 15 is 0 Å². The molecule has 0 aliphatic carbocycles. The van der Waals surface area contributed by atoms with Gasteiger partial charge in [0.25, 0.3) is 0 Å². The molecule has 4 heterocycles. The lowest BCUT2D eigenvalue weighted by Crippen LogP contribution is -2.00. The molecular weight excluding hydrogens is 751 g/mol. The molecule has 0 aliphatic rings. The SMILES string of the molecule is c1ccc(-c2ccc3c(c2)oc2cccc(-c4cccc(-c5nc(-c6ccc7cc8c(cc7c6)oc6ccccc68)nc(-c6cccc7c6oc6ccccc67)n5)c4)c23)cc1. The molecular formula is C55H31N3O3. The summed E-state index contributed by atoms with van der Waals surface area (Å²) in [7, 11) is 0. The van der Waals surface area contributed by atoms with Crippen molar-refractivity contribution in [2.45, 2.75) is 0 Å². The first-order valence-electron chi connectivity index (χ1n) is 20.3. The van der Waals surface area contributed by atoms with Crippen LogP contribution in [0.4, 0.5) is 0 Å².